The van der Waals surface area contributed by atoms with Gasteiger partial charge in [0.2, 0.25) is 0 Å². The molecule has 6 nitrogen and oxygen atoms in total. The van der Waals surface area contributed by atoms with Crippen molar-refractivity contribution in [2.45, 2.75) is 58.1 Å². The minimum absolute atomic E-state index is 0.116. The third-order valence-corrected chi connectivity index (χ3v) is 3.64. The number of likely N-dealkylation sites (tertiary alicyclic amines) is 1. The van der Waals surface area contributed by atoms with Gasteiger partial charge in [0.15, 0.2) is 0 Å². The van der Waals surface area contributed by atoms with Crippen LogP contribution in [0.15, 0.2) is 0 Å². The fourth-order valence-electron chi connectivity index (χ4n) is 2.44. The van der Waals surface area contributed by atoms with Crippen LogP contribution >= 0.6 is 0 Å². The zero-order valence-electron chi connectivity index (χ0n) is 12.4. The molecule has 1 fully saturated rings. The lowest BCUT2D eigenvalue weighted by atomic mass is 10.2. The first-order valence-corrected chi connectivity index (χ1v) is 7.47. The first kappa shape index (κ1) is 16.8. The minimum atomic E-state index is -1.04. The molecule has 0 aromatic rings. The molecule has 0 aromatic carbocycles. The number of hydrogen-bond acceptors (Lipinski definition) is 3. The molecule has 2 amide bonds. The number of urea groups is 1. The zero-order chi connectivity index (χ0) is 15.1. The topological polar surface area (TPSA) is 81.1 Å². The van der Waals surface area contributed by atoms with E-state index in [0.29, 0.717) is 13.1 Å². The molecule has 0 aliphatic carbocycles. The van der Waals surface area contributed by atoms with Gasteiger partial charge in [0.05, 0.1) is 6.10 Å². The molecular weight excluding hydrogens is 260 g/mol. The Morgan fingerprint density at radius 1 is 1.20 bits per heavy atom. The molecule has 116 valence electrons. The number of carbonyl (C=O) groups excluding carboxylic acids is 1. The first-order valence-electron chi connectivity index (χ1n) is 7.47. The lowest BCUT2D eigenvalue weighted by Crippen LogP contribution is -2.48. The third-order valence-electron chi connectivity index (χ3n) is 3.64. The van der Waals surface area contributed by atoms with Crippen LogP contribution in [0.25, 0.3) is 0 Å². The number of carbonyl (C=O) groups is 2. The summed E-state index contributed by atoms with van der Waals surface area (Å²) in [5.74, 6) is -1.04. The van der Waals surface area contributed by atoms with Crippen LogP contribution in [0, 0.1) is 0 Å². The maximum atomic E-state index is 12.5. The zero-order valence-corrected chi connectivity index (χ0v) is 12.4. The summed E-state index contributed by atoms with van der Waals surface area (Å²) in [7, 11) is 0. The number of β-amino-alcohol motifs (C(OH)–C–C–N with tert-alkyl or cyclic N) is 1. The molecule has 1 aliphatic heterocycles. The van der Waals surface area contributed by atoms with Crippen LogP contribution in [0.2, 0.25) is 0 Å². The van der Waals surface area contributed by atoms with Gasteiger partial charge in [0.1, 0.15) is 6.04 Å². The number of nitrogens with zero attached hydrogens (tertiary/aromatic N) is 2. The van der Waals surface area contributed by atoms with E-state index in [4.69, 9.17) is 5.11 Å². The minimum Gasteiger partial charge on any atom is -0.480 e. The number of carboxylic acids is 1. The second-order valence-electron chi connectivity index (χ2n) is 5.37. The first-order chi connectivity index (χ1) is 9.51. The van der Waals surface area contributed by atoms with Gasteiger partial charge in [-0.15, -0.1) is 0 Å². The van der Waals surface area contributed by atoms with E-state index >= 15 is 0 Å². The van der Waals surface area contributed by atoms with Gasteiger partial charge in [0, 0.05) is 26.1 Å². The van der Waals surface area contributed by atoms with E-state index in [9.17, 15) is 14.7 Å². The number of unbranched alkanes of at least 4 members (excludes halogenated alkanes) is 2. The van der Waals surface area contributed by atoms with E-state index in [1.165, 1.54) is 4.90 Å². The standard InChI is InChI=1S/C14H26N2O4/c1-3-5-7-15(8-6-4-2)14(20)16-10-11(17)9-12(16)13(18)19/h11-12,17H,3-10H2,1-2H3,(H,18,19). The number of carboxylic acid groups (broad SMARTS) is 1. The monoisotopic (exact) mass is 286 g/mol. The van der Waals surface area contributed by atoms with Crippen molar-refractivity contribution >= 4 is 12.0 Å². The van der Waals surface area contributed by atoms with Gasteiger partial charge >= 0.3 is 12.0 Å². The van der Waals surface area contributed by atoms with Crippen molar-refractivity contribution in [3.05, 3.63) is 0 Å². The second-order valence-corrected chi connectivity index (χ2v) is 5.37. The summed E-state index contributed by atoms with van der Waals surface area (Å²) in [5.41, 5.74) is 0. The molecule has 1 heterocycles. The van der Waals surface area contributed by atoms with Gasteiger partial charge in [-0.2, -0.15) is 0 Å². The van der Waals surface area contributed by atoms with Crippen LogP contribution in [0.1, 0.15) is 46.0 Å². The van der Waals surface area contributed by atoms with E-state index in [1.807, 2.05) is 0 Å². The molecule has 20 heavy (non-hydrogen) atoms. The van der Waals surface area contributed by atoms with Crippen molar-refractivity contribution in [1.29, 1.82) is 0 Å². The van der Waals surface area contributed by atoms with E-state index in [2.05, 4.69) is 13.8 Å². The molecule has 0 bridgehead atoms. The molecule has 0 spiro atoms. The van der Waals surface area contributed by atoms with Gasteiger partial charge in [-0.3, -0.25) is 0 Å². The highest BCUT2D eigenvalue weighted by atomic mass is 16.4. The predicted molar refractivity (Wildman–Crippen MR) is 75.5 cm³/mol. The maximum Gasteiger partial charge on any atom is 0.326 e. The van der Waals surface area contributed by atoms with E-state index in [1.54, 1.807) is 4.90 Å². The Morgan fingerprint density at radius 3 is 2.20 bits per heavy atom. The summed E-state index contributed by atoms with van der Waals surface area (Å²) < 4.78 is 0. The predicted octanol–water partition coefficient (Wildman–Crippen LogP) is 1.53. The quantitative estimate of drug-likeness (QED) is 0.743. The molecule has 0 aromatic heterocycles. The summed E-state index contributed by atoms with van der Waals surface area (Å²) in [6.45, 7) is 5.53. The smallest absolute Gasteiger partial charge is 0.326 e. The van der Waals surface area contributed by atoms with Crippen molar-refractivity contribution in [2.75, 3.05) is 19.6 Å². The molecule has 2 N–H and O–H groups in total. The summed E-state index contributed by atoms with van der Waals surface area (Å²) in [6.07, 6.45) is 3.17. The van der Waals surface area contributed by atoms with Gasteiger partial charge in [-0.1, -0.05) is 26.7 Å². The summed E-state index contributed by atoms with van der Waals surface area (Å²) in [4.78, 5) is 26.7. The van der Waals surface area contributed by atoms with Crippen molar-refractivity contribution < 1.29 is 19.8 Å². The highest BCUT2D eigenvalue weighted by Gasteiger charge is 2.40. The van der Waals surface area contributed by atoms with Gasteiger partial charge in [-0.25, -0.2) is 9.59 Å². The van der Waals surface area contributed by atoms with Crippen LogP contribution in [0.5, 0.6) is 0 Å². The van der Waals surface area contributed by atoms with E-state index in [-0.39, 0.29) is 19.0 Å². The van der Waals surface area contributed by atoms with Gasteiger partial charge < -0.3 is 20.0 Å². The Morgan fingerprint density at radius 2 is 1.75 bits per heavy atom. The van der Waals surface area contributed by atoms with Crippen LogP contribution in [0.3, 0.4) is 0 Å². The van der Waals surface area contributed by atoms with Gasteiger partial charge in [0.25, 0.3) is 0 Å². The number of amides is 2. The average Bonchev–Trinajstić information content (AvgIpc) is 2.80. The molecule has 1 saturated heterocycles. The molecule has 0 radical (unpaired) electrons. The largest absolute Gasteiger partial charge is 0.480 e. The Hall–Kier alpha value is -1.30. The molecular formula is C14H26N2O4. The Bertz CT molecular complexity index is 327. The average molecular weight is 286 g/mol. The van der Waals surface area contributed by atoms with E-state index < -0.39 is 18.1 Å². The fraction of sp³-hybridized carbons (Fsp3) is 0.857. The van der Waals surface area contributed by atoms with Gasteiger partial charge in [-0.05, 0) is 12.8 Å². The van der Waals surface area contributed by atoms with Crippen LogP contribution in [-0.4, -0.2) is 63.8 Å². The molecule has 6 heteroatoms. The molecule has 2 atom stereocenters. The van der Waals surface area contributed by atoms with Crippen molar-refractivity contribution in [2.24, 2.45) is 0 Å². The lowest BCUT2D eigenvalue weighted by Gasteiger charge is -2.30. The summed E-state index contributed by atoms with van der Waals surface area (Å²) in [5, 5.41) is 18.8. The Balaban J connectivity index is 2.73. The highest BCUT2D eigenvalue weighted by Crippen LogP contribution is 2.20. The number of aliphatic hydroxyl groups is 1. The SMILES string of the molecule is CCCCN(CCCC)C(=O)N1CC(O)CC1C(=O)O. The number of aliphatic hydroxyl groups excluding tert-OH is 1. The van der Waals surface area contributed by atoms with Crippen molar-refractivity contribution in [3.8, 4) is 0 Å². The lowest BCUT2D eigenvalue weighted by molar-refractivity contribution is -0.141. The second kappa shape index (κ2) is 8.09. The molecule has 0 saturated carbocycles. The Labute approximate surface area is 120 Å². The molecule has 2 unspecified atom stereocenters. The van der Waals surface area contributed by atoms with E-state index in [0.717, 1.165) is 25.7 Å². The van der Waals surface area contributed by atoms with Crippen LogP contribution < -0.4 is 0 Å². The van der Waals surface area contributed by atoms with Crippen molar-refractivity contribution in [1.82, 2.24) is 9.80 Å². The molecule has 1 rings (SSSR count). The maximum absolute atomic E-state index is 12.5. The summed E-state index contributed by atoms with van der Waals surface area (Å²) >= 11 is 0. The van der Waals surface area contributed by atoms with Crippen LogP contribution in [-0.2, 0) is 4.79 Å². The van der Waals surface area contributed by atoms with Crippen LogP contribution in [0.4, 0.5) is 4.79 Å². The Kier molecular flexibility index (Phi) is 6.78. The number of aliphatic carboxylic acids is 1. The number of hydrogen-bond donors (Lipinski definition) is 2. The highest BCUT2D eigenvalue weighted by molar-refractivity contribution is 5.83. The molecule has 1 aliphatic rings. The fourth-order valence-corrected chi connectivity index (χ4v) is 2.44. The normalized spacial score (nSPS) is 22.1. The summed E-state index contributed by atoms with van der Waals surface area (Å²) in [6, 6.07) is -1.15. The van der Waals surface area contributed by atoms with Crippen molar-refractivity contribution in [3.63, 3.8) is 0 Å². The third kappa shape index (κ3) is 4.37. The number of rotatable bonds is 7.